The fourth-order valence-corrected chi connectivity index (χ4v) is 4.88. The highest BCUT2D eigenvalue weighted by atomic mass is 32.2. The van der Waals surface area contributed by atoms with Crippen LogP contribution in [-0.2, 0) is 20.6 Å². The fourth-order valence-electron chi connectivity index (χ4n) is 3.16. The van der Waals surface area contributed by atoms with Crippen LogP contribution in [0.5, 0.6) is 5.75 Å². The lowest BCUT2D eigenvalue weighted by Crippen LogP contribution is -2.50. The van der Waals surface area contributed by atoms with Crippen molar-refractivity contribution in [2.75, 3.05) is 29.4 Å². The van der Waals surface area contributed by atoms with Gasteiger partial charge in [-0.1, -0.05) is 35.9 Å². The summed E-state index contributed by atoms with van der Waals surface area (Å²) in [5.74, 6) is 1.74. The third-order valence-electron chi connectivity index (χ3n) is 4.57. The number of nitrogens with one attached hydrogen (secondary N) is 1. The van der Waals surface area contributed by atoms with Gasteiger partial charge in [-0.3, -0.25) is 9.10 Å². The molecule has 0 spiro atoms. The van der Waals surface area contributed by atoms with Crippen molar-refractivity contribution >= 4 is 33.4 Å². The van der Waals surface area contributed by atoms with Crippen molar-refractivity contribution in [2.45, 2.75) is 25.7 Å². The number of hydrogen-bond donors (Lipinski definition) is 1. The number of carbonyl (C=O) groups excluding carboxylic acids is 1. The van der Waals surface area contributed by atoms with E-state index >= 15 is 0 Å². The molecule has 1 aliphatic rings. The van der Waals surface area contributed by atoms with Gasteiger partial charge in [0.2, 0.25) is 10.0 Å². The molecule has 2 aromatic rings. The van der Waals surface area contributed by atoms with Gasteiger partial charge in [-0.2, -0.15) is 11.8 Å². The molecule has 1 N–H and O–H groups in total. The lowest BCUT2D eigenvalue weighted by molar-refractivity contribution is -0.127. The second-order valence-electron chi connectivity index (χ2n) is 7.20. The molecule has 1 unspecified atom stereocenters. The van der Waals surface area contributed by atoms with E-state index in [9.17, 15) is 13.2 Å². The molecule has 2 aromatic carbocycles. The average Bonchev–Trinajstić information content (AvgIpc) is 2.66. The van der Waals surface area contributed by atoms with Crippen molar-refractivity contribution in [3.63, 3.8) is 0 Å². The summed E-state index contributed by atoms with van der Waals surface area (Å²) < 4.78 is 31.5. The van der Waals surface area contributed by atoms with Crippen molar-refractivity contribution in [2.24, 2.45) is 0 Å². The Morgan fingerprint density at radius 2 is 1.97 bits per heavy atom. The molecule has 0 aromatic heterocycles. The maximum atomic E-state index is 12.6. The molecule has 0 bridgehead atoms. The van der Waals surface area contributed by atoms with Gasteiger partial charge in [0.1, 0.15) is 5.75 Å². The molecule has 3 rings (SSSR count). The molecule has 1 heterocycles. The van der Waals surface area contributed by atoms with Crippen LogP contribution in [-0.4, -0.2) is 45.5 Å². The molecular weight excluding hydrogens is 408 g/mol. The minimum atomic E-state index is -3.52. The number of anilines is 1. The molecule has 0 aliphatic carbocycles. The van der Waals surface area contributed by atoms with E-state index in [1.165, 1.54) is 15.4 Å². The number of sulfonamides is 1. The third-order valence-corrected chi connectivity index (χ3v) is 6.75. The molecule has 1 aliphatic heterocycles. The summed E-state index contributed by atoms with van der Waals surface area (Å²) in [5, 5.41) is 2.86. The topological polar surface area (TPSA) is 75.7 Å². The zero-order valence-electron chi connectivity index (χ0n) is 16.8. The van der Waals surface area contributed by atoms with Crippen LogP contribution in [0, 0.1) is 13.8 Å². The van der Waals surface area contributed by atoms with Crippen molar-refractivity contribution < 1.29 is 17.9 Å². The Morgan fingerprint density at radius 1 is 1.21 bits per heavy atom. The second kappa shape index (κ2) is 9.09. The second-order valence-corrected chi connectivity index (χ2v) is 10.2. The SMILES string of the molecule is Cc1cccc(CSCCNC(=O)C2CN(S(C)(=O)=O)c3cc(C)ccc3O2)c1. The summed E-state index contributed by atoms with van der Waals surface area (Å²) in [4.78, 5) is 12.6. The van der Waals surface area contributed by atoms with Crippen LogP contribution in [0.2, 0.25) is 0 Å². The van der Waals surface area contributed by atoms with E-state index in [0.717, 1.165) is 23.3 Å². The minimum absolute atomic E-state index is 0.0302. The van der Waals surface area contributed by atoms with E-state index in [1.807, 2.05) is 19.1 Å². The Morgan fingerprint density at radius 3 is 2.69 bits per heavy atom. The van der Waals surface area contributed by atoms with Gasteiger partial charge in [0, 0.05) is 18.1 Å². The van der Waals surface area contributed by atoms with Crippen LogP contribution in [0.4, 0.5) is 5.69 Å². The summed E-state index contributed by atoms with van der Waals surface area (Å²) in [6.07, 6.45) is 0.267. The van der Waals surface area contributed by atoms with Crippen LogP contribution >= 0.6 is 11.8 Å². The number of amides is 1. The van der Waals surface area contributed by atoms with Crippen molar-refractivity contribution in [3.05, 3.63) is 59.2 Å². The predicted octanol–water partition coefficient (Wildman–Crippen LogP) is 2.88. The highest BCUT2D eigenvalue weighted by molar-refractivity contribution is 7.98. The lowest BCUT2D eigenvalue weighted by atomic mass is 10.1. The van der Waals surface area contributed by atoms with Crippen LogP contribution in [0.25, 0.3) is 0 Å². The predicted molar refractivity (Wildman–Crippen MR) is 118 cm³/mol. The smallest absolute Gasteiger partial charge is 0.263 e. The molecular formula is C21H26N2O4S2. The van der Waals surface area contributed by atoms with Crippen molar-refractivity contribution in [1.29, 1.82) is 0 Å². The molecule has 0 saturated carbocycles. The van der Waals surface area contributed by atoms with Gasteiger partial charge in [0.05, 0.1) is 18.5 Å². The number of carbonyl (C=O) groups is 1. The maximum absolute atomic E-state index is 12.6. The Hall–Kier alpha value is -2.19. The first-order chi connectivity index (χ1) is 13.7. The average molecular weight is 435 g/mol. The Bertz CT molecular complexity index is 992. The largest absolute Gasteiger partial charge is 0.476 e. The number of benzene rings is 2. The van der Waals surface area contributed by atoms with Gasteiger partial charge in [0.25, 0.3) is 5.91 Å². The highest BCUT2D eigenvalue weighted by Gasteiger charge is 2.34. The number of aryl methyl sites for hydroxylation is 2. The number of rotatable bonds is 7. The van der Waals surface area contributed by atoms with E-state index in [1.54, 1.807) is 23.9 Å². The Labute approximate surface area is 176 Å². The third kappa shape index (κ3) is 5.67. The van der Waals surface area contributed by atoms with E-state index < -0.39 is 16.1 Å². The summed E-state index contributed by atoms with van der Waals surface area (Å²) in [5.41, 5.74) is 3.89. The Balaban J connectivity index is 1.55. The molecule has 0 fully saturated rings. The van der Waals surface area contributed by atoms with Crippen molar-refractivity contribution in [1.82, 2.24) is 5.32 Å². The number of nitrogens with zero attached hydrogens (tertiary/aromatic N) is 1. The summed E-state index contributed by atoms with van der Waals surface area (Å²) >= 11 is 1.74. The molecule has 8 heteroatoms. The quantitative estimate of drug-likeness (QED) is 0.678. The van der Waals surface area contributed by atoms with Gasteiger partial charge >= 0.3 is 0 Å². The summed E-state index contributed by atoms with van der Waals surface area (Å²) in [6, 6.07) is 13.7. The van der Waals surface area contributed by atoms with Crippen molar-refractivity contribution in [3.8, 4) is 5.75 Å². The normalized spacial score (nSPS) is 16.1. The van der Waals surface area contributed by atoms with Gasteiger partial charge in [-0.25, -0.2) is 8.42 Å². The molecule has 1 atom stereocenters. The highest BCUT2D eigenvalue weighted by Crippen LogP contribution is 2.35. The van der Waals surface area contributed by atoms with E-state index in [2.05, 4.69) is 30.4 Å². The molecule has 1 amide bonds. The Kier molecular flexibility index (Phi) is 6.74. The van der Waals surface area contributed by atoms with Gasteiger partial charge in [-0.15, -0.1) is 0 Å². The first-order valence-corrected chi connectivity index (χ1v) is 12.4. The zero-order valence-corrected chi connectivity index (χ0v) is 18.5. The summed E-state index contributed by atoms with van der Waals surface area (Å²) in [7, 11) is -3.52. The van der Waals surface area contributed by atoms with Crippen LogP contribution in [0.15, 0.2) is 42.5 Å². The van der Waals surface area contributed by atoms with Crippen LogP contribution in [0.1, 0.15) is 16.7 Å². The lowest BCUT2D eigenvalue weighted by Gasteiger charge is -2.34. The van der Waals surface area contributed by atoms with Gasteiger partial charge in [0.15, 0.2) is 6.10 Å². The van der Waals surface area contributed by atoms with Gasteiger partial charge in [-0.05, 0) is 37.1 Å². The first kappa shape index (κ1) is 21.5. The fraction of sp³-hybridized carbons (Fsp3) is 0.381. The van der Waals surface area contributed by atoms with E-state index in [4.69, 9.17) is 4.74 Å². The number of hydrogen-bond acceptors (Lipinski definition) is 5. The standard InChI is InChI=1S/C21H26N2O4S2/c1-15-5-4-6-17(11-15)14-28-10-9-22-21(24)20-13-23(29(3,25)26)18-12-16(2)7-8-19(18)27-20/h4-8,11-12,20H,9-10,13-14H2,1-3H3,(H,22,24). The zero-order chi connectivity index (χ0) is 21.0. The molecule has 156 valence electrons. The molecule has 6 nitrogen and oxygen atoms in total. The van der Waals surface area contributed by atoms with E-state index in [-0.39, 0.29) is 12.5 Å². The summed E-state index contributed by atoms with van der Waals surface area (Å²) in [6.45, 7) is 4.41. The molecule has 0 radical (unpaired) electrons. The monoisotopic (exact) mass is 434 g/mol. The molecule has 29 heavy (non-hydrogen) atoms. The van der Waals surface area contributed by atoms with Crippen LogP contribution in [0.3, 0.4) is 0 Å². The first-order valence-electron chi connectivity index (χ1n) is 9.40. The number of thioether (sulfide) groups is 1. The number of fused-ring (bicyclic) bond motifs is 1. The van der Waals surface area contributed by atoms with E-state index in [0.29, 0.717) is 18.0 Å². The maximum Gasteiger partial charge on any atom is 0.263 e. The van der Waals surface area contributed by atoms with Gasteiger partial charge < -0.3 is 10.1 Å². The molecule has 0 saturated heterocycles. The van der Waals surface area contributed by atoms with Crippen LogP contribution < -0.4 is 14.4 Å². The number of ether oxygens (including phenoxy) is 1. The minimum Gasteiger partial charge on any atom is -0.476 e.